The molecule has 2 rings (SSSR count). The first-order chi connectivity index (χ1) is 9.63. The standard InChI is InChI=1S/C15H14BrFN2O/c16-11-4-6-13(7-5-11)18-9-8-15(20)19-14-3-1-2-12(17)10-14/h1-7,10,18H,8-9H2,(H,19,20). The SMILES string of the molecule is O=C(CCNc1ccc(Br)cc1)Nc1cccc(F)c1. The van der Waals surface area contributed by atoms with Crippen molar-refractivity contribution in [2.45, 2.75) is 6.42 Å². The third-order valence-corrected chi connectivity index (χ3v) is 3.16. The predicted octanol–water partition coefficient (Wildman–Crippen LogP) is 4.03. The quantitative estimate of drug-likeness (QED) is 0.865. The Morgan fingerprint density at radius 3 is 2.55 bits per heavy atom. The smallest absolute Gasteiger partial charge is 0.226 e. The monoisotopic (exact) mass is 336 g/mol. The number of hydrogen-bond donors (Lipinski definition) is 2. The first kappa shape index (κ1) is 14.5. The van der Waals surface area contributed by atoms with E-state index in [0.29, 0.717) is 18.7 Å². The van der Waals surface area contributed by atoms with Gasteiger partial charge in [-0.2, -0.15) is 0 Å². The maximum Gasteiger partial charge on any atom is 0.226 e. The average molecular weight is 337 g/mol. The lowest BCUT2D eigenvalue weighted by Crippen LogP contribution is -2.16. The van der Waals surface area contributed by atoms with Crippen LogP contribution >= 0.6 is 15.9 Å². The van der Waals surface area contributed by atoms with Crippen molar-refractivity contribution in [3.63, 3.8) is 0 Å². The summed E-state index contributed by atoms with van der Waals surface area (Å²) in [6.07, 6.45) is 0.312. The van der Waals surface area contributed by atoms with Crippen LogP contribution in [0.5, 0.6) is 0 Å². The van der Waals surface area contributed by atoms with Crippen LogP contribution in [0.4, 0.5) is 15.8 Å². The Hall–Kier alpha value is -1.88. The molecule has 0 aromatic heterocycles. The number of carbonyl (C=O) groups excluding carboxylic acids is 1. The molecule has 0 heterocycles. The molecule has 0 spiro atoms. The summed E-state index contributed by atoms with van der Waals surface area (Å²) in [7, 11) is 0. The van der Waals surface area contributed by atoms with Crippen molar-refractivity contribution in [1.82, 2.24) is 0 Å². The van der Waals surface area contributed by atoms with Gasteiger partial charge in [-0.3, -0.25) is 4.79 Å². The van der Waals surface area contributed by atoms with Crippen LogP contribution in [0.2, 0.25) is 0 Å². The van der Waals surface area contributed by atoms with E-state index in [-0.39, 0.29) is 11.7 Å². The van der Waals surface area contributed by atoms with Crippen molar-refractivity contribution < 1.29 is 9.18 Å². The molecule has 0 fully saturated rings. The predicted molar refractivity (Wildman–Crippen MR) is 82.3 cm³/mol. The Morgan fingerprint density at radius 2 is 1.85 bits per heavy atom. The van der Waals surface area contributed by atoms with Gasteiger partial charge in [0.1, 0.15) is 5.82 Å². The molecular formula is C15H14BrFN2O. The third-order valence-electron chi connectivity index (χ3n) is 2.63. The summed E-state index contributed by atoms with van der Waals surface area (Å²) >= 11 is 3.36. The van der Waals surface area contributed by atoms with Crippen molar-refractivity contribution in [2.24, 2.45) is 0 Å². The fourth-order valence-corrected chi connectivity index (χ4v) is 1.94. The van der Waals surface area contributed by atoms with Gasteiger partial charge in [-0.25, -0.2) is 4.39 Å². The average Bonchev–Trinajstić information content (AvgIpc) is 2.41. The van der Waals surface area contributed by atoms with Gasteiger partial charge >= 0.3 is 0 Å². The van der Waals surface area contributed by atoms with Crippen molar-refractivity contribution in [3.05, 3.63) is 58.8 Å². The van der Waals surface area contributed by atoms with E-state index in [1.165, 1.54) is 12.1 Å². The molecule has 0 aliphatic rings. The van der Waals surface area contributed by atoms with Gasteiger partial charge in [0, 0.05) is 28.8 Å². The van der Waals surface area contributed by atoms with Gasteiger partial charge < -0.3 is 10.6 Å². The lowest BCUT2D eigenvalue weighted by Gasteiger charge is -2.07. The Labute approximate surface area is 125 Å². The number of benzene rings is 2. The maximum absolute atomic E-state index is 13.0. The number of nitrogens with one attached hydrogen (secondary N) is 2. The molecule has 2 N–H and O–H groups in total. The molecule has 1 amide bonds. The van der Waals surface area contributed by atoms with E-state index in [9.17, 15) is 9.18 Å². The molecule has 0 aliphatic heterocycles. The molecule has 2 aromatic carbocycles. The van der Waals surface area contributed by atoms with Gasteiger partial charge in [-0.1, -0.05) is 22.0 Å². The normalized spacial score (nSPS) is 10.1. The van der Waals surface area contributed by atoms with E-state index in [1.807, 2.05) is 24.3 Å². The van der Waals surface area contributed by atoms with Gasteiger partial charge in [-0.15, -0.1) is 0 Å². The Kier molecular flexibility index (Phi) is 5.12. The van der Waals surface area contributed by atoms with Crippen LogP contribution in [0, 0.1) is 5.82 Å². The van der Waals surface area contributed by atoms with Gasteiger partial charge in [-0.05, 0) is 42.5 Å². The number of amides is 1. The minimum atomic E-state index is -0.365. The van der Waals surface area contributed by atoms with E-state index in [4.69, 9.17) is 0 Å². The summed E-state index contributed by atoms with van der Waals surface area (Å²) in [5.74, 6) is -0.518. The molecule has 0 aliphatic carbocycles. The van der Waals surface area contributed by atoms with Crippen LogP contribution in [0.3, 0.4) is 0 Å². The van der Waals surface area contributed by atoms with Gasteiger partial charge in [0.25, 0.3) is 0 Å². The summed E-state index contributed by atoms with van der Waals surface area (Å²) < 4.78 is 14.0. The zero-order valence-electron chi connectivity index (χ0n) is 10.7. The lowest BCUT2D eigenvalue weighted by molar-refractivity contribution is -0.115. The van der Waals surface area contributed by atoms with Gasteiger partial charge in [0.05, 0.1) is 0 Å². The molecule has 0 atom stereocenters. The minimum Gasteiger partial charge on any atom is -0.385 e. The van der Waals surface area contributed by atoms with E-state index in [2.05, 4.69) is 26.6 Å². The number of halogens is 2. The maximum atomic E-state index is 13.0. The topological polar surface area (TPSA) is 41.1 Å². The van der Waals surface area contributed by atoms with Crippen molar-refractivity contribution in [1.29, 1.82) is 0 Å². The Bertz CT molecular complexity index is 587. The van der Waals surface area contributed by atoms with Gasteiger partial charge in [0.15, 0.2) is 0 Å². The molecule has 20 heavy (non-hydrogen) atoms. The molecular weight excluding hydrogens is 323 g/mol. The van der Waals surface area contributed by atoms with Crippen LogP contribution in [0.15, 0.2) is 53.0 Å². The second-order valence-corrected chi connectivity index (χ2v) is 5.16. The second kappa shape index (κ2) is 7.05. The number of rotatable bonds is 5. The summed E-state index contributed by atoms with van der Waals surface area (Å²) in [5.41, 5.74) is 1.42. The lowest BCUT2D eigenvalue weighted by atomic mass is 10.3. The Balaban J connectivity index is 1.76. The highest BCUT2D eigenvalue weighted by Gasteiger charge is 2.03. The number of anilines is 2. The molecule has 104 valence electrons. The molecule has 3 nitrogen and oxygen atoms in total. The fourth-order valence-electron chi connectivity index (χ4n) is 1.68. The van der Waals surface area contributed by atoms with E-state index in [0.717, 1.165) is 10.2 Å². The van der Waals surface area contributed by atoms with Crippen LogP contribution in [0.1, 0.15) is 6.42 Å². The van der Waals surface area contributed by atoms with E-state index >= 15 is 0 Å². The molecule has 0 bridgehead atoms. The van der Waals surface area contributed by atoms with Crippen LogP contribution in [0.25, 0.3) is 0 Å². The summed E-state index contributed by atoms with van der Waals surface area (Å²) in [5, 5.41) is 5.80. The van der Waals surface area contributed by atoms with Crippen LogP contribution in [-0.4, -0.2) is 12.5 Å². The molecule has 0 saturated carbocycles. The number of carbonyl (C=O) groups is 1. The third kappa shape index (κ3) is 4.66. The van der Waals surface area contributed by atoms with Crippen LogP contribution in [-0.2, 0) is 4.79 Å². The van der Waals surface area contributed by atoms with Crippen LogP contribution < -0.4 is 10.6 Å². The van der Waals surface area contributed by atoms with E-state index < -0.39 is 0 Å². The highest BCUT2D eigenvalue weighted by Crippen LogP contribution is 2.14. The molecule has 0 unspecified atom stereocenters. The number of hydrogen-bond acceptors (Lipinski definition) is 2. The second-order valence-electron chi connectivity index (χ2n) is 4.24. The highest BCUT2D eigenvalue weighted by atomic mass is 79.9. The summed E-state index contributed by atoms with van der Waals surface area (Å²) in [4.78, 5) is 11.7. The van der Waals surface area contributed by atoms with Crippen molar-refractivity contribution in [3.8, 4) is 0 Å². The molecule has 0 radical (unpaired) electrons. The first-order valence-electron chi connectivity index (χ1n) is 6.18. The fraction of sp³-hybridized carbons (Fsp3) is 0.133. The van der Waals surface area contributed by atoms with Crippen molar-refractivity contribution >= 4 is 33.2 Å². The summed E-state index contributed by atoms with van der Waals surface area (Å²) in [6, 6.07) is 13.5. The largest absolute Gasteiger partial charge is 0.385 e. The summed E-state index contributed by atoms with van der Waals surface area (Å²) in [6.45, 7) is 0.517. The zero-order valence-corrected chi connectivity index (χ0v) is 12.3. The van der Waals surface area contributed by atoms with Crippen molar-refractivity contribution in [2.75, 3.05) is 17.2 Å². The molecule has 2 aromatic rings. The highest BCUT2D eigenvalue weighted by molar-refractivity contribution is 9.10. The van der Waals surface area contributed by atoms with Gasteiger partial charge in [0.2, 0.25) is 5.91 Å². The first-order valence-corrected chi connectivity index (χ1v) is 6.97. The minimum absolute atomic E-state index is 0.153. The molecule has 5 heteroatoms. The zero-order chi connectivity index (χ0) is 14.4. The Morgan fingerprint density at radius 1 is 1.10 bits per heavy atom. The molecule has 0 saturated heterocycles. The van der Waals surface area contributed by atoms with E-state index in [1.54, 1.807) is 12.1 Å².